The molecule has 2 nitrogen and oxygen atoms in total. The molecule has 0 bridgehead atoms. The number of benzene rings is 1. The van der Waals surface area contributed by atoms with Gasteiger partial charge in [0.15, 0.2) is 5.75 Å². The minimum atomic E-state index is 0.183. The Balaban J connectivity index is 2.46. The lowest BCUT2D eigenvalue weighted by atomic mass is 10.2. The lowest BCUT2D eigenvalue weighted by Gasteiger charge is -2.15. The summed E-state index contributed by atoms with van der Waals surface area (Å²) >= 11 is 0. The Bertz CT molecular complexity index is 298. The van der Waals surface area contributed by atoms with E-state index in [-0.39, 0.29) is 5.29 Å². The molecule has 1 aliphatic rings. The molecule has 2 rings (SSSR count). The minimum Gasteiger partial charge on any atom is -0.350 e. The number of fused-ring (bicyclic) bond motifs is 1. The Hall–Kier alpha value is -1.51. The Kier molecular flexibility index (Phi) is 1.28. The zero-order valence-corrected chi connectivity index (χ0v) is 5.70. The molecule has 56 valence electrons. The van der Waals surface area contributed by atoms with E-state index in [1.54, 1.807) is 18.2 Å². The van der Waals surface area contributed by atoms with Gasteiger partial charge in [-0.3, -0.25) is 0 Å². The molecule has 0 radical (unpaired) electrons. The predicted molar refractivity (Wildman–Crippen MR) is 39.1 cm³/mol. The van der Waals surface area contributed by atoms with Crippen LogP contribution in [0.4, 0.5) is 4.48 Å². The van der Waals surface area contributed by atoms with Crippen molar-refractivity contribution in [2.24, 2.45) is 0 Å². The lowest BCUT2D eigenvalue weighted by molar-refractivity contribution is -0.165. The second-order valence-corrected chi connectivity index (χ2v) is 2.22. The van der Waals surface area contributed by atoms with Gasteiger partial charge in [-0.05, 0) is 17.4 Å². The van der Waals surface area contributed by atoms with Gasteiger partial charge in [-0.15, -0.1) is 0 Å². The highest BCUT2D eigenvalue weighted by molar-refractivity contribution is 5.57. The van der Waals surface area contributed by atoms with Crippen molar-refractivity contribution in [2.75, 3.05) is 0 Å². The summed E-state index contributed by atoms with van der Waals surface area (Å²) in [5.41, 5.74) is 0.890. The van der Waals surface area contributed by atoms with E-state index in [1.165, 1.54) is 6.20 Å². The average Bonchev–Trinajstić information content (AvgIpc) is 2.04. The Morgan fingerprint density at radius 1 is 1.27 bits per heavy atom. The second kappa shape index (κ2) is 2.27. The predicted octanol–water partition coefficient (Wildman–Crippen LogP) is 2.15. The number of nitrogens with zero attached hydrogens (tertiary/aromatic N) is 1. The van der Waals surface area contributed by atoms with Crippen molar-refractivity contribution in [1.29, 1.82) is 0 Å². The summed E-state index contributed by atoms with van der Waals surface area (Å²) in [6, 6.07) is 7.25. The van der Waals surface area contributed by atoms with Crippen LogP contribution in [0.25, 0.3) is 6.08 Å². The van der Waals surface area contributed by atoms with Crippen LogP contribution in [0.5, 0.6) is 5.75 Å². The molecule has 0 amide bonds. The number of para-hydroxylation sites is 1. The second-order valence-electron chi connectivity index (χ2n) is 2.22. The van der Waals surface area contributed by atoms with Crippen molar-refractivity contribution in [3.05, 3.63) is 36.0 Å². The van der Waals surface area contributed by atoms with Crippen LogP contribution in [-0.4, -0.2) is 5.29 Å². The number of hydrogen-bond donors (Lipinski definition) is 0. The molecule has 1 aromatic rings. The SMILES string of the molecule is FN1C=Cc2ccccc2O1. The molecule has 0 atom stereocenters. The van der Waals surface area contributed by atoms with Crippen molar-refractivity contribution >= 4 is 6.08 Å². The Morgan fingerprint density at radius 2 is 2.09 bits per heavy atom. The zero-order valence-electron chi connectivity index (χ0n) is 5.70. The van der Waals surface area contributed by atoms with E-state index < -0.39 is 0 Å². The number of hydrogen-bond acceptors (Lipinski definition) is 2. The molecule has 0 unspecified atom stereocenters. The molecule has 0 saturated carbocycles. The molecule has 0 N–H and O–H groups in total. The average molecular weight is 151 g/mol. The monoisotopic (exact) mass is 151 g/mol. The van der Waals surface area contributed by atoms with Crippen LogP contribution in [0.3, 0.4) is 0 Å². The molecule has 0 aliphatic carbocycles. The molecule has 1 aromatic carbocycles. The molecule has 0 spiro atoms. The van der Waals surface area contributed by atoms with Crippen molar-refractivity contribution in [2.45, 2.75) is 0 Å². The summed E-state index contributed by atoms with van der Waals surface area (Å²) < 4.78 is 12.4. The first kappa shape index (κ1) is 6.22. The van der Waals surface area contributed by atoms with Gasteiger partial charge in [0.05, 0.1) is 6.20 Å². The highest BCUT2D eigenvalue weighted by Gasteiger charge is 2.08. The third-order valence-corrected chi connectivity index (χ3v) is 1.48. The van der Waals surface area contributed by atoms with Gasteiger partial charge in [-0.2, -0.15) is 0 Å². The summed E-state index contributed by atoms with van der Waals surface area (Å²) in [7, 11) is 0. The minimum absolute atomic E-state index is 0.183. The third-order valence-electron chi connectivity index (χ3n) is 1.48. The first-order chi connectivity index (χ1) is 5.36. The normalized spacial score (nSPS) is 14.1. The molecule has 1 heterocycles. The standard InChI is InChI=1S/C8H6FNO/c9-10-6-5-7-3-1-2-4-8(7)11-10/h1-6H. The Labute approximate surface area is 63.4 Å². The van der Waals surface area contributed by atoms with Crippen LogP contribution in [-0.2, 0) is 0 Å². The van der Waals surface area contributed by atoms with E-state index in [0.29, 0.717) is 5.75 Å². The van der Waals surface area contributed by atoms with E-state index >= 15 is 0 Å². The molecular weight excluding hydrogens is 145 g/mol. The maximum absolute atomic E-state index is 12.4. The largest absolute Gasteiger partial charge is 0.350 e. The number of rotatable bonds is 0. The van der Waals surface area contributed by atoms with Crippen LogP contribution < -0.4 is 4.84 Å². The van der Waals surface area contributed by atoms with Crippen LogP contribution >= 0.6 is 0 Å². The van der Waals surface area contributed by atoms with Crippen molar-refractivity contribution in [1.82, 2.24) is 5.29 Å². The molecular formula is C8H6FNO. The third kappa shape index (κ3) is 1.05. The van der Waals surface area contributed by atoms with Gasteiger partial charge < -0.3 is 4.84 Å². The summed E-state index contributed by atoms with van der Waals surface area (Å²) in [6.45, 7) is 0. The van der Waals surface area contributed by atoms with Crippen LogP contribution in [0.2, 0.25) is 0 Å². The van der Waals surface area contributed by atoms with E-state index in [0.717, 1.165) is 5.56 Å². The maximum atomic E-state index is 12.4. The molecule has 3 heteroatoms. The van der Waals surface area contributed by atoms with Crippen molar-refractivity contribution in [3.63, 3.8) is 0 Å². The first-order valence-corrected chi connectivity index (χ1v) is 3.26. The fraction of sp³-hybridized carbons (Fsp3) is 0. The van der Waals surface area contributed by atoms with Gasteiger partial charge in [0.25, 0.3) is 0 Å². The van der Waals surface area contributed by atoms with Crippen LogP contribution in [0, 0.1) is 0 Å². The molecule has 0 aromatic heterocycles. The molecule has 0 fully saturated rings. The highest BCUT2D eigenvalue weighted by atomic mass is 19.2. The van der Waals surface area contributed by atoms with Gasteiger partial charge >= 0.3 is 0 Å². The van der Waals surface area contributed by atoms with E-state index in [1.807, 2.05) is 12.1 Å². The lowest BCUT2D eigenvalue weighted by Crippen LogP contribution is -2.13. The summed E-state index contributed by atoms with van der Waals surface area (Å²) in [4.78, 5) is 4.71. The summed E-state index contributed by atoms with van der Waals surface area (Å²) in [6.07, 6.45) is 2.88. The smallest absolute Gasteiger partial charge is 0.165 e. The number of hydroxylamine groups is 1. The van der Waals surface area contributed by atoms with Gasteiger partial charge in [0, 0.05) is 5.56 Å². The topological polar surface area (TPSA) is 12.5 Å². The van der Waals surface area contributed by atoms with Crippen LogP contribution in [0.1, 0.15) is 5.56 Å². The zero-order chi connectivity index (χ0) is 7.68. The Morgan fingerprint density at radius 3 is 3.00 bits per heavy atom. The maximum Gasteiger partial charge on any atom is 0.165 e. The quantitative estimate of drug-likeness (QED) is 0.527. The molecule has 11 heavy (non-hydrogen) atoms. The van der Waals surface area contributed by atoms with Gasteiger partial charge in [-0.25, -0.2) is 0 Å². The van der Waals surface area contributed by atoms with E-state index in [4.69, 9.17) is 4.84 Å². The summed E-state index contributed by atoms with van der Waals surface area (Å²) in [5, 5.41) is 0.183. The van der Waals surface area contributed by atoms with Crippen molar-refractivity contribution < 1.29 is 9.32 Å². The molecule has 0 saturated heterocycles. The van der Waals surface area contributed by atoms with E-state index in [9.17, 15) is 4.48 Å². The van der Waals surface area contributed by atoms with Gasteiger partial charge in [0.2, 0.25) is 0 Å². The van der Waals surface area contributed by atoms with Gasteiger partial charge in [0.1, 0.15) is 0 Å². The fourth-order valence-corrected chi connectivity index (χ4v) is 0.965. The molecule has 1 aliphatic heterocycles. The van der Waals surface area contributed by atoms with Crippen molar-refractivity contribution in [3.8, 4) is 5.75 Å². The fourth-order valence-electron chi connectivity index (χ4n) is 0.965. The number of halogens is 1. The van der Waals surface area contributed by atoms with E-state index in [2.05, 4.69) is 0 Å². The van der Waals surface area contributed by atoms with Crippen LogP contribution in [0.15, 0.2) is 30.5 Å². The first-order valence-electron chi connectivity index (χ1n) is 3.26. The van der Waals surface area contributed by atoms with Gasteiger partial charge in [-0.1, -0.05) is 22.7 Å². The summed E-state index contributed by atoms with van der Waals surface area (Å²) in [5.74, 6) is 0.539. The highest BCUT2D eigenvalue weighted by Crippen LogP contribution is 2.24.